The Balaban J connectivity index is 0.996. The number of unbranched alkanes of at least 4 members (excludes halogenated alkanes) is 1. The number of carbonyl (C=O) groups excluding carboxylic acids is 3. The number of fused-ring (bicyclic) bond motifs is 2. The summed E-state index contributed by atoms with van der Waals surface area (Å²) in [6.45, 7) is 6.44. The second-order valence-corrected chi connectivity index (χ2v) is 20.9. The van der Waals surface area contributed by atoms with Crippen LogP contribution in [0.5, 0.6) is 0 Å². The van der Waals surface area contributed by atoms with Crippen molar-refractivity contribution in [1.29, 1.82) is 0 Å². The quantitative estimate of drug-likeness (QED) is 0.115. The number of sulfonamides is 1. The molecule has 3 amide bonds. The van der Waals surface area contributed by atoms with Crippen molar-refractivity contribution < 1.29 is 22.8 Å². The van der Waals surface area contributed by atoms with Crippen LogP contribution in [0.3, 0.4) is 0 Å². The summed E-state index contributed by atoms with van der Waals surface area (Å²) in [6.07, 6.45) is 2.81. The molecule has 0 atom stereocenters. The summed E-state index contributed by atoms with van der Waals surface area (Å²) in [7, 11) is -4.37. The van der Waals surface area contributed by atoms with Crippen LogP contribution in [0.25, 0.3) is 16.8 Å². The lowest BCUT2D eigenvalue weighted by atomic mass is 9.98. The van der Waals surface area contributed by atoms with Gasteiger partial charge >= 0.3 is 0 Å². The fraction of sp³-hybridized carbons (Fsp3) is 0.222. The van der Waals surface area contributed by atoms with Gasteiger partial charge in [-0.3, -0.25) is 14.4 Å². The second kappa shape index (κ2) is 20.7. The van der Waals surface area contributed by atoms with E-state index >= 15 is 0 Å². The van der Waals surface area contributed by atoms with E-state index in [1.54, 1.807) is 34.9 Å². The number of halogens is 4. The van der Waals surface area contributed by atoms with Crippen molar-refractivity contribution in [2.24, 2.45) is 0 Å². The first-order valence-electron chi connectivity index (χ1n) is 23.0. The van der Waals surface area contributed by atoms with Crippen molar-refractivity contribution in [1.82, 2.24) is 24.3 Å². The predicted molar refractivity (Wildman–Crippen MR) is 277 cm³/mol. The minimum atomic E-state index is -4.37. The number of nitrogens with zero attached hydrogens (tertiary/aromatic N) is 5. The number of nitrogens with one attached hydrogen (secondary N) is 1. The number of hydrogen-bond acceptors (Lipinski definition) is 7. The summed E-state index contributed by atoms with van der Waals surface area (Å²) in [5.41, 5.74) is 8.42. The molecular formula is C54H48Cl4N6O5S. The van der Waals surface area contributed by atoms with Crippen LogP contribution in [-0.2, 0) is 42.5 Å². The molecule has 0 saturated carbocycles. The summed E-state index contributed by atoms with van der Waals surface area (Å²) < 4.78 is 31.4. The van der Waals surface area contributed by atoms with Crippen molar-refractivity contribution in [2.45, 2.75) is 64.1 Å². The van der Waals surface area contributed by atoms with E-state index in [4.69, 9.17) is 51.5 Å². The number of benzene rings is 6. The van der Waals surface area contributed by atoms with Gasteiger partial charge in [-0.05, 0) is 126 Å². The van der Waals surface area contributed by atoms with Crippen molar-refractivity contribution in [3.63, 3.8) is 0 Å². The highest BCUT2D eigenvalue weighted by Gasteiger charge is 2.31. The van der Waals surface area contributed by atoms with E-state index in [1.807, 2.05) is 84.9 Å². The normalized spacial score (nSPS) is 13.2. The van der Waals surface area contributed by atoms with Crippen LogP contribution in [0.1, 0.15) is 84.5 Å². The maximum absolute atomic E-state index is 14.8. The molecule has 6 aromatic carbocycles. The minimum absolute atomic E-state index is 0.0121. The average molecular weight is 1030 g/mol. The number of rotatable bonds is 14. The van der Waals surface area contributed by atoms with Crippen molar-refractivity contribution in [3.8, 4) is 16.8 Å². The standard InChI is InChI=1S/C54H48Cl4N6O5S/c1-3-4-25-62(31-35-9-12-38(13-10-35)39-14-17-43(55)18-15-39)54(67)51-50(58)34(2)64(59-51)49-21-16-41(30-45(49)53(66)63-27-23-37-7-5-6-8-42(37)33-63)52(65)60-70(68,69)44-19-22-48-40(29-44)24-26-61(48)32-36-11-20-46(56)47(57)28-36/h5-22,28-30H,3-4,23-27,31-33H2,1-2H3,(H,60,65). The Morgan fingerprint density at radius 3 is 2.14 bits per heavy atom. The zero-order valence-electron chi connectivity index (χ0n) is 38.4. The van der Waals surface area contributed by atoms with E-state index in [9.17, 15) is 22.8 Å². The molecule has 70 heavy (non-hydrogen) atoms. The predicted octanol–water partition coefficient (Wildman–Crippen LogP) is 11.8. The number of carbonyl (C=O) groups is 3. The first kappa shape index (κ1) is 48.9. The maximum Gasteiger partial charge on any atom is 0.276 e. The Bertz CT molecular complexity index is 3270. The SMILES string of the molecule is CCCCN(Cc1ccc(-c2ccc(Cl)cc2)cc1)C(=O)c1nn(-c2ccc(C(=O)NS(=O)(=O)c3ccc4c(c3)CCN4Cc3ccc(Cl)c(Cl)c3)cc2C(=O)N2CCc3ccccc3C2)c(C)c1Cl. The van der Waals surface area contributed by atoms with E-state index < -0.39 is 21.8 Å². The van der Waals surface area contributed by atoms with E-state index in [0.29, 0.717) is 72.9 Å². The van der Waals surface area contributed by atoms with Gasteiger partial charge in [0.15, 0.2) is 5.69 Å². The molecule has 0 bridgehead atoms. The minimum Gasteiger partial charge on any atom is -0.367 e. The first-order valence-corrected chi connectivity index (χ1v) is 26.0. The molecule has 358 valence electrons. The number of hydrogen-bond donors (Lipinski definition) is 1. The number of anilines is 1. The van der Waals surface area contributed by atoms with E-state index in [-0.39, 0.29) is 38.3 Å². The van der Waals surface area contributed by atoms with Crippen LogP contribution in [0.2, 0.25) is 20.1 Å². The molecule has 7 aromatic rings. The molecule has 0 fully saturated rings. The Labute approximate surface area is 427 Å². The zero-order chi connectivity index (χ0) is 49.3. The third-order valence-electron chi connectivity index (χ3n) is 12.9. The van der Waals surface area contributed by atoms with Crippen LogP contribution < -0.4 is 9.62 Å². The van der Waals surface area contributed by atoms with Gasteiger partial charge in [0.1, 0.15) is 0 Å². The second-order valence-electron chi connectivity index (χ2n) is 17.6. The molecule has 3 heterocycles. The molecule has 0 spiro atoms. The summed E-state index contributed by atoms with van der Waals surface area (Å²) in [6, 6.07) is 38.1. The Hall–Kier alpha value is -6.15. The highest BCUT2D eigenvalue weighted by Crippen LogP contribution is 2.34. The molecule has 1 aromatic heterocycles. The van der Waals surface area contributed by atoms with Crippen LogP contribution in [0.15, 0.2) is 132 Å². The molecule has 11 nitrogen and oxygen atoms in total. The third kappa shape index (κ3) is 10.3. The summed E-state index contributed by atoms with van der Waals surface area (Å²) in [4.78, 5) is 48.8. The highest BCUT2D eigenvalue weighted by molar-refractivity contribution is 7.90. The zero-order valence-corrected chi connectivity index (χ0v) is 42.2. The van der Waals surface area contributed by atoms with E-state index in [2.05, 4.69) is 16.5 Å². The summed E-state index contributed by atoms with van der Waals surface area (Å²) >= 11 is 25.5. The number of aromatic nitrogens is 2. The van der Waals surface area contributed by atoms with Crippen molar-refractivity contribution in [2.75, 3.05) is 24.5 Å². The van der Waals surface area contributed by atoms with Gasteiger partial charge in [-0.15, -0.1) is 0 Å². The molecule has 2 aliphatic heterocycles. The molecule has 2 aliphatic rings. The monoisotopic (exact) mass is 1030 g/mol. The highest BCUT2D eigenvalue weighted by atomic mass is 35.5. The molecule has 0 saturated heterocycles. The van der Waals surface area contributed by atoms with Gasteiger partial charge in [-0.1, -0.05) is 126 Å². The fourth-order valence-corrected chi connectivity index (χ4v) is 10.7. The van der Waals surface area contributed by atoms with E-state index in [0.717, 1.165) is 57.5 Å². The average Bonchev–Trinajstić information content (AvgIpc) is 3.91. The van der Waals surface area contributed by atoms with Crippen LogP contribution in [-0.4, -0.2) is 65.4 Å². The molecule has 0 unspecified atom stereocenters. The van der Waals surface area contributed by atoms with Crippen LogP contribution in [0.4, 0.5) is 5.69 Å². The Morgan fingerprint density at radius 2 is 1.41 bits per heavy atom. The molecule has 0 aliphatic carbocycles. The number of amides is 3. The largest absolute Gasteiger partial charge is 0.367 e. The smallest absolute Gasteiger partial charge is 0.276 e. The van der Waals surface area contributed by atoms with Crippen LogP contribution in [0, 0.1) is 6.92 Å². The van der Waals surface area contributed by atoms with Gasteiger partial charge in [-0.2, -0.15) is 5.10 Å². The lowest BCUT2D eigenvalue weighted by molar-refractivity contribution is 0.0729. The molecule has 16 heteroatoms. The van der Waals surface area contributed by atoms with Crippen LogP contribution >= 0.6 is 46.4 Å². The Kier molecular flexibility index (Phi) is 14.4. The lowest BCUT2D eigenvalue weighted by Gasteiger charge is -2.29. The van der Waals surface area contributed by atoms with Gasteiger partial charge in [0.25, 0.3) is 27.7 Å². The lowest BCUT2D eigenvalue weighted by Crippen LogP contribution is -2.37. The fourth-order valence-electron chi connectivity index (χ4n) is 9.02. The summed E-state index contributed by atoms with van der Waals surface area (Å²) in [5.74, 6) is -1.71. The van der Waals surface area contributed by atoms with E-state index in [1.165, 1.54) is 28.9 Å². The molecule has 9 rings (SSSR count). The van der Waals surface area contributed by atoms with Gasteiger partial charge in [-0.25, -0.2) is 17.8 Å². The topological polar surface area (TPSA) is 125 Å². The third-order valence-corrected chi connectivity index (χ3v) is 15.7. The maximum atomic E-state index is 14.8. The van der Waals surface area contributed by atoms with Crippen molar-refractivity contribution in [3.05, 3.63) is 198 Å². The first-order chi connectivity index (χ1) is 33.7. The molecular weight excluding hydrogens is 987 g/mol. The molecule has 0 radical (unpaired) electrons. The summed E-state index contributed by atoms with van der Waals surface area (Å²) in [5, 5.41) is 6.47. The Morgan fingerprint density at radius 1 is 0.729 bits per heavy atom. The van der Waals surface area contributed by atoms with Gasteiger partial charge in [0.2, 0.25) is 0 Å². The van der Waals surface area contributed by atoms with Gasteiger partial charge in [0, 0.05) is 55.5 Å². The molecule has 1 N–H and O–H groups in total. The van der Waals surface area contributed by atoms with Gasteiger partial charge in [0.05, 0.1) is 36.9 Å². The van der Waals surface area contributed by atoms with Gasteiger partial charge < -0.3 is 14.7 Å². The van der Waals surface area contributed by atoms with Crippen molar-refractivity contribution >= 4 is 79.8 Å².